The number of carbonyl (C=O) groups is 1. The summed E-state index contributed by atoms with van der Waals surface area (Å²) >= 11 is 0. The van der Waals surface area contributed by atoms with Gasteiger partial charge in [-0.1, -0.05) is 13.8 Å². The highest BCUT2D eigenvalue weighted by Crippen LogP contribution is 2.11. The van der Waals surface area contributed by atoms with Crippen LogP contribution in [0.15, 0.2) is 0 Å². The molecule has 5 atom stereocenters. The topological polar surface area (TPSA) is 148 Å². The summed E-state index contributed by atoms with van der Waals surface area (Å²) < 4.78 is 4.46. The fraction of sp³-hybridized carbons (Fsp3) is 0.909. The summed E-state index contributed by atoms with van der Waals surface area (Å²) in [6.07, 6.45) is -9.60. The Balaban J connectivity index is 4.39. The molecule has 0 aromatic rings. The maximum atomic E-state index is 11.2. The first-order chi connectivity index (χ1) is 8.70. The molecule has 0 heterocycles. The van der Waals surface area contributed by atoms with E-state index in [2.05, 4.69) is 4.74 Å². The van der Waals surface area contributed by atoms with Crippen LogP contribution in [0.2, 0.25) is 0 Å². The average Bonchev–Trinajstić information content (AvgIpc) is 2.33. The van der Waals surface area contributed by atoms with Gasteiger partial charge in [0.15, 0.2) is 0 Å². The van der Waals surface area contributed by atoms with E-state index in [1.54, 1.807) is 13.8 Å². The zero-order valence-electron chi connectivity index (χ0n) is 10.9. The zero-order valence-corrected chi connectivity index (χ0v) is 10.9. The third-order valence-corrected chi connectivity index (χ3v) is 2.40. The molecule has 1 unspecified atom stereocenters. The Morgan fingerprint density at radius 3 is 1.95 bits per heavy atom. The Morgan fingerprint density at radius 1 is 1.00 bits per heavy atom. The number of esters is 1. The van der Waals surface area contributed by atoms with Crippen molar-refractivity contribution in [1.82, 2.24) is 0 Å². The van der Waals surface area contributed by atoms with E-state index < -0.39 is 43.3 Å². The predicted molar refractivity (Wildman–Crippen MR) is 62.7 cm³/mol. The number of carbonyl (C=O) groups excluding carboxylic acids is 1. The fourth-order valence-electron chi connectivity index (χ4n) is 1.29. The summed E-state index contributed by atoms with van der Waals surface area (Å²) in [7, 11) is 0. The normalized spacial score (nSPS) is 19.6. The molecule has 114 valence electrons. The van der Waals surface area contributed by atoms with Crippen molar-refractivity contribution in [2.24, 2.45) is 5.92 Å². The highest BCUT2D eigenvalue weighted by Gasteiger charge is 2.35. The molecule has 0 aromatic heterocycles. The Morgan fingerprint density at radius 2 is 1.53 bits per heavy atom. The highest BCUT2D eigenvalue weighted by atomic mass is 16.6. The zero-order chi connectivity index (χ0) is 15.2. The second-order valence-electron chi connectivity index (χ2n) is 4.70. The molecule has 0 rings (SSSR count). The molecule has 0 saturated heterocycles. The molecular weight excluding hydrogens is 260 g/mol. The Bertz CT molecular complexity index is 269. The van der Waals surface area contributed by atoms with Crippen molar-refractivity contribution < 1.29 is 40.2 Å². The van der Waals surface area contributed by atoms with E-state index in [0.29, 0.717) is 0 Å². The van der Waals surface area contributed by atoms with Crippen molar-refractivity contribution in [3.8, 4) is 0 Å². The van der Waals surface area contributed by atoms with E-state index in [1.165, 1.54) is 0 Å². The van der Waals surface area contributed by atoms with Gasteiger partial charge < -0.3 is 35.4 Å². The molecule has 0 fully saturated rings. The van der Waals surface area contributed by atoms with Crippen molar-refractivity contribution in [3.63, 3.8) is 0 Å². The minimum Gasteiger partial charge on any atom is -0.433 e. The highest BCUT2D eigenvalue weighted by molar-refractivity contribution is 5.69. The third-order valence-electron chi connectivity index (χ3n) is 2.40. The molecule has 0 aliphatic heterocycles. The molecule has 6 N–H and O–H groups in total. The quantitative estimate of drug-likeness (QED) is 0.209. The Hall–Kier alpha value is -0.770. The van der Waals surface area contributed by atoms with Gasteiger partial charge in [-0.2, -0.15) is 0 Å². The molecule has 0 radical (unpaired) electrons. The average molecular weight is 282 g/mol. The molecule has 0 spiro atoms. The molecule has 8 nitrogen and oxygen atoms in total. The van der Waals surface area contributed by atoms with Crippen LogP contribution in [0.3, 0.4) is 0 Å². The summed E-state index contributed by atoms with van der Waals surface area (Å²) in [6, 6.07) is 0. The van der Waals surface area contributed by atoms with Crippen LogP contribution in [0.4, 0.5) is 0 Å². The molecule has 19 heavy (non-hydrogen) atoms. The Labute approximate surface area is 110 Å². The molecular formula is C11H22O8. The van der Waals surface area contributed by atoms with Gasteiger partial charge in [0.05, 0.1) is 6.61 Å². The van der Waals surface area contributed by atoms with Crippen LogP contribution in [0, 0.1) is 5.92 Å². The van der Waals surface area contributed by atoms with Crippen LogP contribution in [-0.2, 0) is 9.53 Å². The summed E-state index contributed by atoms with van der Waals surface area (Å²) in [5.74, 6) is -0.783. The lowest BCUT2D eigenvalue weighted by Gasteiger charge is -2.28. The molecule has 0 amide bonds. The van der Waals surface area contributed by atoms with Crippen LogP contribution in [0.1, 0.15) is 20.3 Å². The van der Waals surface area contributed by atoms with Crippen LogP contribution < -0.4 is 0 Å². The van der Waals surface area contributed by atoms with Gasteiger partial charge >= 0.3 is 5.97 Å². The van der Waals surface area contributed by atoms with E-state index in [0.717, 1.165) is 0 Å². The maximum Gasteiger partial charge on any atom is 0.308 e. The number of hydrogen-bond donors (Lipinski definition) is 6. The van der Waals surface area contributed by atoms with E-state index in [-0.39, 0.29) is 12.3 Å². The SMILES string of the molecule is CC(C)CC(=O)OC(O)[C@H](O)[C@@H](O)[C@H](O)[C@H](O)CO. The van der Waals surface area contributed by atoms with Gasteiger partial charge in [-0.05, 0) is 5.92 Å². The third kappa shape index (κ3) is 6.28. The van der Waals surface area contributed by atoms with Gasteiger partial charge in [0.2, 0.25) is 6.29 Å². The minimum atomic E-state index is -2.04. The molecule has 0 bridgehead atoms. The first kappa shape index (κ1) is 18.2. The van der Waals surface area contributed by atoms with E-state index in [9.17, 15) is 25.2 Å². The van der Waals surface area contributed by atoms with Gasteiger partial charge in [0.1, 0.15) is 24.4 Å². The largest absolute Gasteiger partial charge is 0.433 e. The fourth-order valence-corrected chi connectivity index (χ4v) is 1.29. The van der Waals surface area contributed by atoms with Crippen LogP contribution in [-0.4, -0.2) is 73.9 Å². The molecule has 0 aromatic carbocycles. The second-order valence-corrected chi connectivity index (χ2v) is 4.70. The van der Waals surface area contributed by atoms with Crippen LogP contribution in [0.5, 0.6) is 0 Å². The molecule has 8 heteroatoms. The standard InChI is InChI=1S/C11H22O8/c1-5(2)3-7(14)19-11(18)10(17)9(16)8(15)6(13)4-12/h5-6,8-13,15-18H,3-4H2,1-2H3/t6-,8-,9+,10-,11?/m1/s1. The van der Waals surface area contributed by atoms with Crippen molar-refractivity contribution >= 4 is 5.97 Å². The van der Waals surface area contributed by atoms with Gasteiger partial charge in [-0.25, -0.2) is 0 Å². The number of hydrogen-bond acceptors (Lipinski definition) is 8. The lowest BCUT2D eigenvalue weighted by molar-refractivity contribution is -0.214. The summed E-state index contributed by atoms with van der Waals surface area (Å²) in [5.41, 5.74) is 0. The first-order valence-corrected chi connectivity index (χ1v) is 5.91. The van der Waals surface area contributed by atoms with Gasteiger partial charge in [0, 0.05) is 6.42 Å². The number of ether oxygens (including phenoxy) is 1. The lowest BCUT2D eigenvalue weighted by Crippen LogP contribution is -2.51. The smallest absolute Gasteiger partial charge is 0.308 e. The van der Waals surface area contributed by atoms with Gasteiger partial charge in [0.25, 0.3) is 0 Å². The molecule has 0 aliphatic carbocycles. The molecule has 0 aliphatic rings. The second kappa shape index (κ2) is 8.41. The predicted octanol–water partition coefficient (Wildman–Crippen LogP) is -2.67. The van der Waals surface area contributed by atoms with Gasteiger partial charge in [-0.3, -0.25) is 4.79 Å². The van der Waals surface area contributed by atoms with Crippen LogP contribution >= 0.6 is 0 Å². The van der Waals surface area contributed by atoms with E-state index >= 15 is 0 Å². The number of aliphatic hydroxyl groups is 6. The van der Waals surface area contributed by atoms with Crippen LogP contribution in [0.25, 0.3) is 0 Å². The summed E-state index contributed by atoms with van der Waals surface area (Å²) in [4.78, 5) is 11.2. The van der Waals surface area contributed by atoms with Gasteiger partial charge in [-0.15, -0.1) is 0 Å². The summed E-state index contributed by atoms with van der Waals surface area (Å²) in [6.45, 7) is 2.66. The van der Waals surface area contributed by atoms with Crippen molar-refractivity contribution in [2.75, 3.05) is 6.61 Å². The maximum absolute atomic E-state index is 11.2. The minimum absolute atomic E-state index is 0.0106. The van der Waals surface area contributed by atoms with Crippen molar-refractivity contribution in [1.29, 1.82) is 0 Å². The number of aliphatic hydroxyl groups excluding tert-OH is 6. The van der Waals surface area contributed by atoms with E-state index in [4.69, 9.17) is 10.2 Å². The van der Waals surface area contributed by atoms with E-state index in [1.807, 2.05) is 0 Å². The monoisotopic (exact) mass is 282 g/mol. The molecule has 0 saturated carbocycles. The summed E-state index contributed by atoms with van der Waals surface area (Å²) in [5, 5.41) is 55.2. The number of rotatable bonds is 8. The lowest BCUT2D eigenvalue weighted by atomic mass is 10.0. The Kier molecular flexibility index (Phi) is 8.07. The first-order valence-electron chi connectivity index (χ1n) is 5.91. The van der Waals surface area contributed by atoms with Crippen molar-refractivity contribution in [3.05, 3.63) is 0 Å². The van der Waals surface area contributed by atoms with Crippen molar-refractivity contribution in [2.45, 2.75) is 51.0 Å².